The number of carbonyl (C=O) groups excluding carboxylic acids is 2. The van der Waals surface area contributed by atoms with Gasteiger partial charge in [-0.2, -0.15) is 0 Å². The summed E-state index contributed by atoms with van der Waals surface area (Å²) >= 11 is 0. The van der Waals surface area contributed by atoms with Crippen molar-refractivity contribution in [3.8, 4) is 0 Å². The number of nitro benzene ring substituents is 1. The van der Waals surface area contributed by atoms with Crippen LogP contribution in [0.25, 0.3) is 10.9 Å². The third kappa shape index (κ3) is 2.28. The molecule has 0 bridgehead atoms. The minimum Gasteiger partial charge on any atom is -0.319 e. The average Bonchev–Trinajstić information content (AvgIpc) is 2.66. The molecule has 0 N–H and O–H groups in total. The van der Waals surface area contributed by atoms with E-state index >= 15 is 0 Å². The van der Waals surface area contributed by atoms with Crippen LogP contribution in [0, 0.1) is 10.1 Å². The first-order valence-corrected chi connectivity index (χ1v) is 5.27. The van der Waals surface area contributed by atoms with Crippen LogP contribution in [0.4, 0.5) is 5.69 Å². The zero-order valence-electron chi connectivity index (χ0n) is 10.1. The van der Waals surface area contributed by atoms with Gasteiger partial charge >= 0.3 is 5.97 Å². The highest BCUT2D eigenvalue weighted by Gasteiger charge is 2.19. The SMILES string of the molecule is CC(=O)On1nc(C(C)=O)c2cc([N+](=O)[O-])ccc21. The fourth-order valence-corrected chi connectivity index (χ4v) is 1.64. The standard InChI is InChI=1S/C11H9N3O5/c1-6(15)11-9-5-8(14(17)18)3-4-10(9)13(12-11)19-7(2)16/h3-5H,1-2H3. The largest absolute Gasteiger partial charge is 0.331 e. The Balaban J connectivity index is 2.71. The summed E-state index contributed by atoms with van der Waals surface area (Å²) in [5.41, 5.74) is 0.156. The zero-order chi connectivity index (χ0) is 14.2. The van der Waals surface area contributed by atoms with Crippen LogP contribution in [0.1, 0.15) is 24.3 Å². The second kappa shape index (κ2) is 4.48. The van der Waals surface area contributed by atoms with Gasteiger partial charge in [0.2, 0.25) is 0 Å². The molecule has 0 spiro atoms. The fourth-order valence-electron chi connectivity index (χ4n) is 1.64. The van der Waals surface area contributed by atoms with Crippen molar-refractivity contribution in [1.29, 1.82) is 0 Å². The second-order valence-electron chi connectivity index (χ2n) is 3.82. The van der Waals surface area contributed by atoms with E-state index in [0.29, 0.717) is 5.52 Å². The molecule has 0 radical (unpaired) electrons. The molecule has 0 saturated heterocycles. The van der Waals surface area contributed by atoms with Crippen LogP contribution < -0.4 is 4.84 Å². The average molecular weight is 263 g/mol. The highest BCUT2D eigenvalue weighted by molar-refractivity contribution is 6.05. The van der Waals surface area contributed by atoms with Gasteiger partial charge in [0.25, 0.3) is 5.69 Å². The van der Waals surface area contributed by atoms with Crippen molar-refractivity contribution in [1.82, 2.24) is 9.94 Å². The molecule has 1 aromatic heterocycles. The smallest absolute Gasteiger partial charge is 0.319 e. The Morgan fingerprint density at radius 3 is 2.58 bits per heavy atom. The quantitative estimate of drug-likeness (QED) is 0.467. The summed E-state index contributed by atoms with van der Waals surface area (Å²) in [7, 11) is 0. The summed E-state index contributed by atoms with van der Waals surface area (Å²) in [5, 5.41) is 14.8. The lowest BCUT2D eigenvalue weighted by atomic mass is 10.1. The van der Waals surface area contributed by atoms with Crippen LogP contribution in [0.3, 0.4) is 0 Å². The number of nitro groups is 1. The Morgan fingerprint density at radius 1 is 1.37 bits per heavy atom. The number of aromatic nitrogens is 2. The maximum Gasteiger partial charge on any atom is 0.331 e. The van der Waals surface area contributed by atoms with Gasteiger partial charge in [0.1, 0.15) is 11.2 Å². The van der Waals surface area contributed by atoms with E-state index in [1.165, 1.54) is 32.0 Å². The monoisotopic (exact) mass is 263 g/mol. The number of Topliss-reactive ketones (excluding diaryl/α,β-unsaturated/α-hetero) is 1. The maximum atomic E-state index is 11.5. The molecule has 2 aromatic rings. The minimum atomic E-state index is -0.613. The predicted molar refractivity (Wildman–Crippen MR) is 63.7 cm³/mol. The lowest BCUT2D eigenvalue weighted by molar-refractivity contribution is -0.384. The summed E-state index contributed by atoms with van der Waals surface area (Å²) in [6.45, 7) is 2.46. The summed E-state index contributed by atoms with van der Waals surface area (Å²) in [6, 6.07) is 3.84. The van der Waals surface area contributed by atoms with Gasteiger partial charge in [-0.15, -0.1) is 5.10 Å². The first kappa shape index (κ1) is 12.7. The molecule has 0 aliphatic rings. The lowest BCUT2D eigenvalue weighted by Gasteiger charge is -2.00. The van der Waals surface area contributed by atoms with E-state index < -0.39 is 10.9 Å². The molecule has 1 heterocycles. The summed E-state index contributed by atoms with van der Waals surface area (Å²) in [4.78, 5) is 38.2. The molecule has 0 unspecified atom stereocenters. The van der Waals surface area contributed by atoms with Gasteiger partial charge in [0.05, 0.1) is 4.92 Å². The Morgan fingerprint density at radius 2 is 2.05 bits per heavy atom. The van der Waals surface area contributed by atoms with Crippen LogP contribution in [-0.4, -0.2) is 26.6 Å². The highest BCUT2D eigenvalue weighted by atomic mass is 16.7. The molecule has 0 saturated carbocycles. The number of rotatable bonds is 3. The number of benzene rings is 1. The van der Waals surface area contributed by atoms with Gasteiger partial charge in [-0.1, -0.05) is 4.85 Å². The topological polar surface area (TPSA) is 104 Å². The molecule has 0 atom stereocenters. The van der Waals surface area contributed by atoms with E-state index in [2.05, 4.69) is 5.10 Å². The maximum absolute atomic E-state index is 11.5. The molecule has 0 amide bonds. The van der Waals surface area contributed by atoms with E-state index in [0.717, 1.165) is 4.85 Å². The van der Waals surface area contributed by atoms with Crippen LogP contribution in [0.5, 0.6) is 0 Å². The van der Waals surface area contributed by atoms with Crippen molar-refractivity contribution in [3.05, 3.63) is 34.0 Å². The molecule has 98 valence electrons. The molecule has 8 nitrogen and oxygen atoms in total. The molecule has 2 rings (SSSR count). The van der Waals surface area contributed by atoms with E-state index in [4.69, 9.17) is 4.84 Å². The third-order valence-corrected chi connectivity index (χ3v) is 2.39. The van der Waals surface area contributed by atoms with Crippen molar-refractivity contribution < 1.29 is 19.3 Å². The lowest BCUT2D eigenvalue weighted by Crippen LogP contribution is -2.18. The molecule has 19 heavy (non-hydrogen) atoms. The van der Waals surface area contributed by atoms with E-state index in [1.807, 2.05) is 0 Å². The minimum absolute atomic E-state index is 0.0138. The van der Waals surface area contributed by atoms with Crippen molar-refractivity contribution in [3.63, 3.8) is 0 Å². The first-order chi connectivity index (χ1) is 8.90. The Hall–Kier alpha value is -2.77. The van der Waals surface area contributed by atoms with Crippen LogP contribution >= 0.6 is 0 Å². The molecular weight excluding hydrogens is 254 g/mol. The van der Waals surface area contributed by atoms with Crippen LogP contribution in [0.2, 0.25) is 0 Å². The van der Waals surface area contributed by atoms with Gasteiger partial charge in [0, 0.05) is 31.4 Å². The van der Waals surface area contributed by atoms with Crippen molar-refractivity contribution in [2.75, 3.05) is 0 Å². The fraction of sp³-hybridized carbons (Fsp3) is 0.182. The Labute approximate surface area is 106 Å². The van der Waals surface area contributed by atoms with Gasteiger partial charge in [-0.25, -0.2) is 4.79 Å². The van der Waals surface area contributed by atoms with E-state index in [1.54, 1.807) is 0 Å². The van der Waals surface area contributed by atoms with Crippen molar-refractivity contribution in [2.45, 2.75) is 13.8 Å². The Bertz CT molecular complexity index is 704. The molecule has 0 aliphatic carbocycles. The number of carbonyl (C=O) groups is 2. The van der Waals surface area contributed by atoms with E-state index in [9.17, 15) is 19.7 Å². The molecule has 0 fully saturated rings. The molecule has 8 heteroatoms. The van der Waals surface area contributed by atoms with Gasteiger partial charge < -0.3 is 4.84 Å². The number of hydrogen-bond donors (Lipinski definition) is 0. The summed E-state index contributed by atoms with van der Waals surface area (Å²) < 4.78 is 0. The van der Waals surface area contributed by atoms with Gasteiger partial charge in [-0.05, 0) is 6.07 Å². The zero-order valence-corrected chi connectivity index (χ0v) is 10.1. The highest BCUT2D eigenvalue weighted by Crippen LogP contribution is 2.23. The number of nitrogens with zero attached hydrogens (tertiary/aromatic N) is 3. The van der Waals surface area contributed by atoms with Crippen molar-refractivity contribution in [2.24, 2.45) is 0 Å². The van der Waals surface area contributed by atoms with Crippen LogP contribution in [0.15, 0.2) is 18.2 Å². The predicted octanol–water partition coefficient (Wildman–Crippen LogP) is 1.12. The summed E-state index contributed by atoms with van der Waals surface area (Å²) in [5.74, 6) is -0.991. The first-order valence-electron chi connectivity index (χ1n) is 5.27. The molecule has 0 aliphatic heterocycles. The summed E-state index contributed by atoms with van der Waals surface area (Å²) in [6.07, 6.45) is 0. The van der Waals surface area contributed by atoms with Gasteiger partial charge in [-0.3, -0.25) is 14.9 Å². The van der Waals surface area contributed by atoms with E-state index in [-0.39, 0.29) is 22.6 Å². The number of non-ortho nitro benzene ring substituents is 1. The molecular formula is C11H9N3O5. The number of hydrogen-bond acceptors (Lipinski definition) is 6. The number of ketones is 1. The molecule has 1 aromatic carbocycles. The van der Waals surface area contributed by atoms with Gasteiger partial charge in [0.15, 0.2) is 5.78 Å². The van der Waals surface area contributed by atoms with Crippen LogP contribution in [-0.2, 0) is 4.79 Å². The third-order valence-electron chi connectivity index (χ3n) is 2.39. The van der Waals surface area contributed by atoms with Crippen molar-refractivity contribution >= 4 is 28.3 Å². The normalized spacial score (nSPS) is 10.4. The Kier molecular flexibility index (Phi) is 2.99. The number of fused-ring (bicyclic) bond motifs is 1. The second-order valence-corrected chi connectivity index (χ2v) is 3.82.